The van der Waals surface area contributed by atoms with E-state index in [0.717, 1.165) is 23.7 Å². The fraction of sp³-hybridized carbons (Fsp3) is 0.647. The summed E-state index contributed by atoms with van der Waals surface area (Å²) in [5, 5.41) is 4.52. The Morgan fingerprint density at radius 3 is 2.75 bits per heavy atom. The van der Waals surface area contributed by atoms with Crippen molar-refractivity contribution in [2.75, 3.05) is 13.1 Å². The van der Waals surface area contributed by atoms with E-state index >= 15 is 0 Å². The van der Waals surface area contributed by atoms with Gasteiger partial charge in [0, 0.05) is 30.2 Å². The monoisotopic (exact) mass is 294 g/mol. The van der Waals surface area contributed by atoms with Gasteiger partial charge in [0.1, 0.15) is 0 Å². The molecular formula is C17H27ClN2. The van der Waals surface area contributed by atoms with Crippen LogP contribution < -0.4 is 5.32 Å². The van der Waals surface area contributed by atoms with Crippen molar-refractivity contribution >= 4 is 11.6 Å². The highest BCUT2D eigenvalue weighted by Crippen LogP contribution is 2.19. The zero-order valence-electron chi connectivity index (χ0n) is 13.0. The van der Waals surface area contributed by atoms with E-state index in [9.17, 15) is 0 Å². The van der Waals surface area contributed by atoms with E-state index in [0.29, 0.717) is 12.1 Å². The second-order valence-corrected chi connectivity index (χ2v) is 6.66. The highest BCUT2D eigenvalue weighted by atomic mass is 35.5. The van der Waals surface area contributed by atoms with Crippen LogP contribution in [0.5, 0.6) is 0 Å². The molecule has 3 heteroatoms. The number of halogens is 1. The normalized spacial score (nSPS) is 19.8. The Morgan fingerprint density at radius 2 is 2.15 bits per heavy atom. The molecule has 0 aliphatic carbocycles. The average molecular weight is 295 g/mol. The maximum Gasteiger partial charge on any atom is 0.0438 e. The molecule has 1 aromatic carbocycles. The van der Waals surface area contributed by atoms with Crippen molar-refractivity contribution in [1.29, 1.82) is 0 Å². The molecule has 0 aromatic heterocycles. The van der Waals surface area contributed by atoms with E-state index in [-0.39, 0.29) is 0 Å². The summed E-state index contributed by atoms with van der Waals surface area (Å²) < 4.78 is 0. The van der Waals surface area contributed by atoms with Gasteiger partial charge >= 0.3 is 0 Å². The van der Waals surface area contributed by atoms with Gasteiger partial charge in [0.05, 0.1) is 0 Å². The van der Waals surface area contributed by atoms with Crippen LogP contribution in [0, 0.1) is 6.92 Å². The van der Waals surface area contributed by atoms with Crippen molar-refractivity contribution in [3.8, 4) is 0 Å². The molecule has 1 fully saturated rings. The Balaban J connectivity index is 1.99. The quantitative estimate of drug-likeness (QED) is 0.883. The topological polar surface area (TPSA) is 15.3 Å². The Labute approximate surface area is 128 Å². The van der Waals surface area contributed by atoms with Crippen molar-refractivity contribution in [3.05, 3.63) is 34.3 Å². The minimum absolute atomic E-state index is 0.554. The molecule has 2 nitrogen and oxygen atoms in total. The minimum Gasteiger partial charge on any atom is -0.313 e. The molecule has 0 bridgehead atoms. The number of hydrogen-bond acceptors (Lipinski definition) is 2. The van der Waals surface area contributed by atoms with Crippen molar-refractivity contribution in [2.24, 2.45) is 0 Å². The number of nitrogens with zero attached hydrogens (tertiary/aromatic N) is 1. The summed E-state index contributed by atoms with van der Waals surface area (Å²) in [7, 11) is 0. The molecule has 0 saturated carbocycles. The zero-order chi connectivity index (χ0) is 14.5. The van der Waals surface area contributed by atoms with E-state index in [1.54, 1.807) is 0 Å². The molecule has 0 spiro atoms. The molecule has 1 N–H and O–H groups in total. The first-order chi connectivity index (χ1) is 9.56. The number of hydrogen-bond donors (Lipinski definition) is 1. The second kappa shape index (κ2) is 7.44. The lowest BCUT2D eigenvalue weighted by atomic mass is 10.0. The molecule has 2 rings (SSSR count). The van der Waals surface area contributed by atoms with Crippen LogP contribution in [0.4, 0.5) is 0 Å². The van der Waals surface area contributed by atoms with Crippen LogP contribution in [0.2, 0.25) is 5.02 Å². The predicted molar refractivity (Wildman–Crippen MR) is 87.4 cm³/mol. The van der Waals surface area contributed by atoms with Crippen LogP contribution in [0.25, 0.3) is 0 Å². The van der Waals surface area contributed by atoms with E-state index in [2.05, 4.69) is 49.2 Å². The van der Waals surface area contributed by atoms with Gasteiger partial charge in [0.25, 0.3) is 0 Å². The van der Waals surface area contributed by atoms with E-state index in [1.165, 1.54) is 31.4 Å². The van der Waals surface area contributed by atoms with E-state index in [1.807, 2.05) is 0 Å². The first-order valence-electron chi connectivity index (χ1n) is 7.78. The summed E-state index contributed by atoms with van der Waals surface area (Å²) in [6.07, 6.45) is 3.99. The Morgan fingerprint density at radius 1 is 1.35 bits per heavy atom. The SMILES string of the molecule is Cc1ccc(CN(CC2CCCCN2)C(C)C)cc1Cl. The molecule has 1 atom stereocenters. The van der Waals surface area contributed by atoms with E-state index < -0.39 is 0 Å². The van der Waals surface area contributed by atoms with Gasteiger partial charge in [-0.15, -0.1) is 0 Å². The summed E-state index contributed by atoms with van der Waals surface area (Å²) in [5.41, 5.74) is 2.46. The molecular weight excluding hydrogens is 268 g/mol. The zero-order valence-corrected chi connectivity index (χ0v) is 13.7. The van der Waals surface area contributed by atoms with Crippen LogP contribution in [-0.4, -0.2) is 30.1 Å². The van der Waals surface area contributed by atoms with Crippen LogP contribution in [0.1, 0.15) is 44.2 Å². The second-order valence-electron chi connectivity index (χ2n) is 6.25. The van der Waals surface area contributed by atoms with Crippen molar-refractivity contribution in [1.82, 2.24) is 10.2 Å². The van der Waals surface area contributed by atoms with Crippen LogP contribution in [0.15, 0.2) is 18.2 Å². The van der Waals surface area contributed by atoms with Gasteiger partial charge in [-0.2, -0.15) is 0 Å². The Bertz CT molecular complexity index is 425. The van der Waals surface area contributed by atoms with Gasteiger partial charge < -0.3 is 5.32 Å². The third kappa shape index (κ3) is 4.47. The van der Waals surface area contributed by atoms with Crippen LogP contribution >= 0.6 is 11.6 Å². The standard InChI is InChI=1S/C17H27ClN2/c1-13(2)20(12-16-6-4-5-9-19-16)11-15-8-7-14(3)17(18)10-15/h7-8,10,13,16,19H,4-6,9,11-12H2,1-3H3. The molecule has 20 heavy (non-hydrogen) atoms. The lowest BCUT2D eigenvalue weighted by Crippen LogP contribution is -2.45. The first-order valence-corrected chi connectivity index (χ1v) is 8.16. The third-order valence-electron chi connectivity index (χ3n) is 4.22. The Hall–Kier alpha value is -0.570. The predicted octanol–water partition coefficient (Wildman–Crippen LogP) is 4.00. The number of benzene rings is 1. The average Bonchev–Trinajstić information content (AvgIpc) is 2.43. The Kier molecular flexibility index (Phi) is 5.88. The van der Waals surface area contributed by atoms with E-state index in [4.69, 9.17) is 11.6 Å². The summed E-state index contributed by atoms with van der Waals surface area (Å²) in [5.74, 6) is 0. The highest BCUT2D eigenvalue weighted by Gasteiger charge is 2.18. The van der Waals surface area contributed by atoms with Gasteiger partial charge in [-0.25, -0.2) is 0 Å². The molecule has 0 amide bonds. The van der Waals surface area contributed by atoms with Crippen LogP contribution in [0.3, 0.4) is 0 Å². The van der Waals surface area contributed by atoms with Gasteiger partial charge in [-0.3, -0.25) is 4.90 Å². The molecule has 1 heterocycles. The van der Waals surface area contributed by atoms with Crippen molar-refractivity contribution in [3.63, 3.8) is 0 Å². The van der Waals surface area contributed by atoms with Gasteiger partial charge in [-0.1, -0.05) is 30.2 Å². The summed E-state index contributed by atoms with van der Waals surface area (Å²) in [6, 6.07) is 7.63. The minimum atomic E-state index is 0.554. The lowest BCUT2D eigenvalue weighted by molar-refractivity contribution is 0.177. The fourth-order valence-electron chi connectivity index (χ4n) is 2.79. The van der Waals surface area contributed by atoms with Crippen molar-refractivity contribution < 1.29 is 0 Å². The van der Waals surface area contributed by atoms with Crippen molar-refractivity contribution in [2.45, 2.75) is 58.7 Å². The van der Waals surface area contributed by atoms with Crippen LogP contribution in [-0.2, 0) is 6.54 Å². The molecule has 0 radical (unpaired) electrons. The maximum absolute atomic E-state index is 6.24. The summed E-state index contributed by atoms with van der Waals surface area (Å²) in [6.45, 7) is 9.89. The highest BCUT2D eigenvalue weighted by molar-refractivity contribution is 6.31. The summed E-state index contributed by atoms with van der Waals surface area (Å²) >= 11 is 6.24. The molecule has 1 aromatic rings. The molecule has 1 saturated heterocycles. The number of piperidine rings is 1. The fourth-order valence-corrected chi connectivity index (χ4v) is 2.99. The lowest BCUT2D eigenvalue weighted by Gasteiger charge is -2.33. The molecule has 112 valence electrons. The largest absolute Gasteiger partial charge is 0.313 e. The maximum atomic E-state index is 6.24. The first kappa shape index (κ1) is 15.8. The molecule has 1 aliphatic heterocycles. The summed E-state index contributed by atoms with van der Waals surface area (Å²) in [4.78, 5) is 2.55. The van der Waals surface area contributed by atoms with Gasteiger partial charge in [0.15, 0.2) is 0 Å². The van der Waals surface area contributed by atoms with Gasteiger partial charge in [0.2, 0.25) is 0 Å². The number of nitrogens with one attached hydrogen (secondary N) is 1. The smallest absolute Gasteiger partial charge is 0.0438 e. The number of aryl methyl sites for hydroxylation is 1. The molecule has 1 unspecified atom stereocenters. The number of rotatable bonds is 5. The molecule has 1 aliphatic rings. The van der Waals surface area contributed by atoms with Gasteiger partial charge in [-0.05, 0) is 57.4 Å². The third-order valence-corrected chi connectivity index (χ3v) is 4.63.